The zero-order valence-corrected chi connectivity index (χ0v) is 12.1. The highest BCUT2D eigenvalue weighted by Gasteiger charge is 2.12. The highest BCUT2D eigenvalue weighted by Crippen LogP contribution is 2.24. The van der Waals surface area contributed by atoms with Gasteiger partial charge < -0.3 is 14.6 Å². The maximum absolute atomic E-state index is 5.43. The number of para-hydroxylation sites is 2. The second kappa shape index (κ2) is 5.49. The summed E-state index contributed by atoms with van der Waals surface area (Å²) in [6.07, 6.45) is 2.07. The Morgan fingerprint density at radius 2 is 1.84 bits per heavy atom. The lowest BCUT2D eigenvalue weighted by atomic mass is 10.1. The molecule has 3 heteroatoms. The van der Waals surface area contributed by atoms with Gasteiger partial charge in [-0.3, -0.25) is 0 Å². The van der Waals surface area contributed by atoms with Gasteiger partial charge >= 0.3 is 0 Å². The van der Waals surface area contributed by atoms with Crippen molar-refractivity contribution >= 4 is 0 Å². The fraction of sp³-hybridized carbons (Fsp3) is 0.375. The second-order valence-corrected chi connectivity index (χ2v) is 5.64. The Hall–Kier alpha value is -1.74. The van der Waals surface area contributed by atoms with E-state index in [2.05, 4.69) is 55.1 Å². The maximum Gasteiger partial charge on any atom is 0.142 e. The zero-order valence-electron chi connectivity index (χ0n) is 12.1. The van der Waals surface area contributed by atoms with Crippen molar-refractivity contribution in [3.63, 3.8) is 0 Å². The normalized spacial score (nSPS) is 11.6. The molecule has 0 unspecified atom stereocenters. The summed E-state index contributed by atoms with van der Waals surface area (Å²) in [6.45, 7) is 7.34. The lowest BCUT2D eigenvalue weighted by molar-refractivity contribution is 0.409. The van der Waals surface area contributed by atoms with Gasteiger partial charge in [-0.25, -0.2) is 0 Å². The van der Waals surface area contributed by atoms with E-state index in [1.165, 1.54) is 5.69 Å². The highest BCUT2D eigenvalue weighted by molar-refractivity contribution is 5.48. The SMILES string of the molecule is COc1ccccc1-n1cccc1CNC(C)(C)C. The molecule has 2 aromatic rings. The maximum atomic E-state index is 5.43. The summed E-state index contributed by atoms with van der Waals surface area (Å²) in [4.78, 5) is 0. The predicted octanol–water partition coefficient (Wildman–Crippen LogP) is 3.37. The molecule has 3 nitrogen and oxygen atoms in total. The minimum atomic E-state index is 0.107. The first-order chi connectivity index (χ1) is 9.01. The average Bonchev–Trinajstić information content (AvgIpc) is 2.83. The summed E-state index contributed by atoms with van der Waals surface area (Å²) in [5.41, 5.74) is 2.40. The largest absolute Gasteiger partial charge is 0.495 e. The van der Waals surface area contributed by atoms with Crippen LogP contribution in [0.3, 0.4) is 0 Å². The third-order valence-electron chi connectivity index (χ3n) is 2.98. The molecule has 0 radical (unpaired) electrons. The molecule has 102 valence electrons. The summed E-state index contributed by atoms with van der Waals surface area (Å²) in [5.74, 6) is 0.885. The summed E-state index contributed by atoms with van der Waals surface area (Å²) >= 11 is 0. The van der Waals surface area contributed by atoms with Crippen molar-refractivity contribution in [1.29, 1.82) is 0 Å². The van der Waals surface area contributed by atoms with Gasteiger partial charge in [0.2, 0.25) is 0 Å². The number of nitrogens with zero attached hydrogens (tertiary/aromatic N) is 1. The number of benzene rings is 1. The van der Waals surface area contributed by atoms with E-state index in [4.69, 9.17) is 4.74 Å². The summed E-state index contributed by atoms with van der Waals surface area (Å²) in [5, 5.41) is 3.51. The van der Waals surface area contributed by atoms with Crippen molar-refractivity contribution in [1.82, 2.24) is 9.88 Å². The molecule has 1 heterocycles. The lowest BCUT2D eigenvalue weighted by Gasteiger charge is -2.21. The van der Waals surface area contributed by atoms with Gasteiger partial charge in [-0.1, -0.05) is 12.1 Å². The van der Waals surface area contributed by atoms with Crippen molar-refractivity contribution in [3.05, 3.63) is 48.3 Å². The van der Waals surface area contributed by atoms with Crippen molar-refractivity contribution in [2.24, 2.45) is 0 Å². The van der Waals surface area contributed by atoms with Crippen molar-refractivity contribution < 1.29 is 4.74 Å². The quantitative estimate of drug-likeness (QED) is 0.910. The second-order valence-electron chi connectivity index (χ2n) is 5.64. The van der Waals surface area contributed by atoms with Crippen LogP contribution in [0.4, 0.5) is 0 Å². The van der Waals surface area contributed by atoms with Gasteiger partial charge in [0.15, 0.2) is 0 Å². The predicted molar refractivity (Wildman–Crippen MR) is 78.9 cm³/mol. The first-order valence-corrected chi connectivity index (χ1v) is 6.56. The summed E-state index contributed by atoms with van der Waals surface area (Å²) in [6, 6.07) is 12.3. The van der Waals surface area contributed by atoms with Gasteiger partial charge in [-0.15, -0.1) is 0 Å². The Morgan fingerprint density at radius 1 is 1.11 bits per heavy atom. The number of rotatable bonds is 4. The van der Waals surface area contributed by atoms with Crippen LogP contribution < -0.4 is 10.1 Å². The molecule has 0 saturated heterocycles. The van der Waals surface area contributed by atoms with E-state index in [1.54, 1.807) is 7.11 Å². The molecule has 0 saturated carbocycles. The number of aromatic nitrogens is 1. The summed E-state index contributed by atoms with van der Waals surface area (Å²) < 4.78 is 7.59. The van der Waals surface area contributed by atoms with Crippen LogP contribution in [0.15, 0.2) is 42.6 Å². The number of ether oxygens (including phenoxy) is 1. The number of hydrogen-bond acceptors (Lipinski definition) is 2. The fourth-order valence-electron chi connectivity index (χ4n) is 1.98. The van der Waals surface area contributed by atoms with Crippen molar-refractivity contribution in [2.45, 2.75) is 32.9 Å². The molecule has 1 aromatic heterocycles. The topological polar surface area (TPSA) is 26.2 Å². The molecule has 2 rings (SSSR count). The van der Waals surface area contributed by atoms with Crippen molar-refractivity contribution in [3.8, 4) is 11.4 Å². The molecule has 0 bridgehead atoms. The first-order valence-electron chi connectivity index (χ1n) is 6.56. The van der Waals surface area contributed by atoms with Crippen LogP contribution in [-0.4, -0.2) is 17.2 Å². The Bertz CT molecular complexity index is 538. The molecular formula is C16H22N2O. The molecule has 19 heavy (non-hydrogen) atoms. The van der Waals surface area contributed by atoms with Gasteiger partial charge in [0.25, 0.3) is 0 Å². The minimum absolute atomic E-state index is 0.107. The summed E-state index contributed by atoms with van der Waals surface area (Å²) in [7, 11) is 1.70. The Balaban J connectivity index is 2.29. The van der Waals surface area contributed by atoms with Gasteiger partial charge in [-0.05, 0) is 45.0 Å². The van der Waals surface area contributed by atoms with Gasteiger partial charge in [0.05, 0.1) is 12.8 Å². The van der Waals surface area contributed by atoms with Crippen LogP contribution in [0.2, 0.25) is 0 Å². The van der Waals surface area contributed by atoms with E-state index >= 15 is 0 Å². The highest BCUT2D eigenvalue weighted by atomic mass is 16.5. The van der Waals surface area contributed by atoms with Crippen LogP contribution in [-0.2, 0) is 6.54 Å². The Kier molecular flexibility index (Phi) is 3.96. The molecule has 0 aliphatic carbocycles. The van der Waals surface area contributed by atoms with Gasteiger partial charge in [-0.2, -0.15) is 0 Å². The smallest absolute Gasteiger partial charge is 0.142 e. The van der Waals surface area contributed by atoms with Crippen LogP contribution in [0.1, 0.15) is 26.5 Å². The molecule has 0 aliphatic heterocycles. The van der Waals surface area contributed by atoms with Gasteiger partial charge in [0, 0.05) is 24.0 Å². The molecule has 0 amide bonds. The zero-order chi connectivity index (χ0) is 13.9. The molecule has 1 aromatic carbocycles. The van der Waals surface area contributed by atoms with Crippen LogP contribution >= 0.6 is 0 Å². The number of methoxy groups -OCH3 is 1. The minimum Gasteiger partial charge on any atom is -0.495 e. The van der Waals surface area contributed by atoms with E-state index < -0.39 is 0 Å². The number of hydrogen-bond donors (Lipinski definition) is 1. The van der Waals surface area contributed by atoms with E-state index in [0.717, 1.165) is 18.0 Å². The molecule has 0 fully saturated rings. The number of nitrogens with one attached hydrogen (secondary N) is 1. The lowest BCUT2D eigenvalue weighted by Crippen LogP contribution is -2.35. The van der Waals surface area contributed by atoms with Crippen molar-refractivity contribution in [2.75, 3.05) is 7.11 Å². The molecule has 0 atom stereocenters. The van der Waals surface area contributed by atoms with Crippen LogP contribution in [0.5, 0.6) is 5.75 Å². The van der Waals surface area contributed by atoms with E-state index in [9.17, 15) is 0 Å². The van der Waals surface area contributed by atoms with E-state index in [0.29, 0.717) is 0 Å². The molecular weight excluding hydrogens is 236 g/mol. The Morgan fingerprint density at radius 3 is 2.53 bits per heavy atom. The van der Waals surface area contributed by atoms with Gasteiger partial charge in [0.1, 0.15) is 5.75 Å². The Labute approximate surface area is 115 Å². The third-order valence-corrected chi connectivity index (χ3v) is 2.98. The third kappa shape index (κ3) is 3.38. The standard InChI is InChI=1S/C16H22N2O/c1-16(2,3)17-12-13-8-7-11-18(13)14-9-5-6-10-15(14)19-4/h5-11,17H,12H2,1-4H3. The first kappa shape index (κ1) is 13.7. The monoisotopic (exact) mass is 258 g/mol. The molecule has 0 aliphatic rings. The molecule has 0 spiro atoms. The van der Waals surface area contributed by atoms with E-state index in [-0.39, 0.29) is 5.54 Å². The average molecular weight is 258 g/mol. The van der Waals surface area contributed by atoms with Crippen LogP contribution in [0.25, 0.3) is 5.69 Å². The van der Waals surface area contributed by atoms with E-state index in [1.807, 2.05) is 18.2 Å². The van der Waals surface area contributed by atoms with Crippen LogP contribution in [0, 0.1) is 0 Å². The molecule has 1 N–H and O–H groups in total. The fourth-order valence-corrected chi connectivity index (χ4v) is 1.98.